The Morgan fingerprint density at radius 3 is 2.56 bits per heavy atom. The Hall–Kier alpha value is -1.93. The number of rotatable bonds is 8. The summed E-state index contributed by atoms with van der Waals surface area (Å²) in [6.45, 7) is -0.381. The number of benzene rings is 1. The SMILES string of the molecule is CN(C)S(=O)(=O)c1cccc(NC(=O)COC(=O)CCC2CCCCC2)c1. The number of hydrogen-bond donors (Lipinski definition) is 1. The number of nitrogens with zero attached hydrogens (tertiary/aromatic N) is 1. The van der Waals surface area contributed by atoms with Crippen molar-refractivity contribution in [2.75, 3.05) is 26.0 Å². The number of anilines is 1. The van der Waals surface area contributed by atoms with Gasteiger partial charge < -0.3 is 10.1 Å². The van der Waals surface area contributed by atoms with Crippen LogP contribution < -0.4 is 5.32 Å². The summed E-state index contributed by atoms with van der Waals surface area (Å²) in [5, 5.41) is 2.56. The van der Waals surface area contributed by atoms with Gasteiger partial charge in [0.2, 0.25) is 10.0 Å². The molecule has 1 fully saturated rings. The molecule has 0 bridgehead atoms. The number of carbonyl (C=O) groups is 2. The number of hydrogen-bond acceptors (Lipinski definition) is 5. The molecule has 0 heterocycles. The van der Waals surface area contributed by atoms with Crippen LogP contribution in [-0.4, -0.2) is 45.3 Å². The molecular weight excluding hydrogens is 368 g/mol. The first-order valence-electron chi connectivity index (χ1n) is 9.27. The van der Waals surface area contributed by atoms with E-state index < -0.39 is 15.9 Å². The number of carbonyl (C=O) groups excluding carboxylic acids is 2. The fraction of sp³-hybridized carbons (Fsp3) is 0.579. The highest BCUT2D eigenvalue weighted by molar-refractivity contribution is 7.89. The first kappa shape index (κ1) is 21.4. The van der Waals surface area contributed by atoms with Crippen LogP contribution in [0.25, 0.3) is 0 Å². The average molecular weight is 397 g/mol. The lowest BCUT2D eigenvalue weighted by atomic mass is 9.86. The molecule has 1 N–H and O–H groups in total. The van der Waals surface area contributed by atoms with Crippen molar-refractivity contribution < 1.29 is 22.7 Å². The summed E-state index contributed by atoms with van der Waals surface area (Å²) in [5.74, 6) is -0.290. The second-order valence-electron chi connectivity index (χ2n) is 7.07. The predicted octanol–water partition coefficient (Wildman–Crippen LogP) is 2.78. The van der Waals surface area contributed by atoms with Crippen molar-refractivity contribution in [1.82, 2.24) is 4.31 Å². The van der Waals surface area contributed by atoms with Gasteiger partial charge in [-0.3, -0.25) is 9.59 Å². The van der Waals surface area contributed by atoms with Crippen LogP contribution >= 0.6 is 0 Å². The Labute approximate surface area is 161 Å². The monoisotopic (exact) mass is 396 g/mol. The Bertz CT molecular complexity index is 755. The molecular formula is C19H28N2O5S. The molecule has 0 radical (unpaired) electrons. The smallest absolute Gasteiger partial charge is 0.306 e. The molecule has 1 amide bonds. The molecule has 1 aromatic carbocycles. The van der Waals surface area contributed by atoms with E-state index in [1.54, 1.807) is 12.1 Å². The summed E-state index contributed by atoms with van der Waals surface area (Å²) in [4.78, 5) is 23.9. The second-order valence-corrected chi connectivity index (χ2v) is 9.22. The van der Waals surface area contributed by atoms with Gasteiger partial charge in [0, 0.05) is 26.2 Å². The van der Waals surface area contributed by atoms with Crippen LogP contribution in [0, 0.1) is 5.92 Å². The molecule has 7 nitrogen and oxygen atoms in total. The summed E-state index contributed by atoms with van der Waals surface area (Å²) >= 11 is 0. The Morgan fingerprint density at radius 1 is 1.19 bits per heavy atom. The van der Waals surface area contributed by atoms with E-state index in [-0.39, 0.29) is 17.5 Å². The number of amides is 1. The van der Waals surface area contributed by atoms with Crippen molar-refractivity contribution in [3.63, 3.8) is 0 Å². The standard InChI is InChI=1S/C19H28N2O5S/c1-21(2)27(24,25)17-10-6-9-16(13-17)20-18(22)14-26-19(23)12-11-15-7-4-3-5-8-15/h6,9-10,13,15H,3-5,7-8,11-12,14H2,1-2H3,(H,20,22). The lowest BCUT2D eigenvalue weighted by Crippen LogP contribution is -2.23. The molecule has 0 saturated heterocycles. The van der Waals surface area contributed by atoms with Crippen LogP contribution in [0.4, 0.5) is 5.69 Å². The molecule has 0 aromatic heterocycles. The van der Waals surface area contributed by atoms with Crippen LogP contribution in [0.15, 0.2) is 29.2 Å². The van der Waals surface area contributed by atoms with Gasteiger partial charge in [-0.2, -0.15) is 0 Å². The zero-order valence-electron chi connectivity index (χ0n) is 15.9. The maximum atomic E-state index is 12.1. The highest BCUT2D eigenvalue weighted by Gasteiger charge is 2.18. The molecule has 27 heavy (non-hydrogen) atoms. The third-order valence-electron chi connectivity index (χ3n) is 4.74. The molecule has 1 aliphatic carbocycles. The first-order chi connectivity index (χ1) is 12.8. The highest BCUT2D eigenvalue weighted by Crippen LogP contribution is 2.27. The second kappa shape index (κ2) is 9.85. The molecule has 8 heteroatoms. The van der Waals surface area contributed by atoms with Gasteiger partial charge in [-0.05, 0) is 30.5 Å². The third kappa shape index (κ3) is 6.62. The number of ether oxygens (including phenoxy) is 1. The van der Waals surface area contributed by atoms with Gasteiger partial charge in [0.25, 0.3) is 5.91 Å². The van der Waals surface area contributed by atoms with Crippen LogP contribution in [0.1, 0.15) is 44.9 Å². The summed E-state index contributed by atoms with van der Waals surface area (Å²) in [5.41, 5.74) is 0.334. The molecule has 0 unspecified atom stereocenters. The lowest BCUT2D eigenvalue weighted by molar-refractivity contribution is -0.147. The fourth-order valence-electron chi connectivity index (χ4n) is 3.16. The molecule has 0 spiro atoms. The van der Waals surface area contributed by atoms with E-state index >= 15 is 0 Å². The van der Waals surface area contributed by atoms with Crippen LogP contribution in [0.5, 0.6) is 0 Å². The summed E-state index contributed by atoms with van der Waals surface area (Å²) in [7, 11) is -0.707. The average Bonchev–Trinajstić information content (AvgIpc) is 2.65. The van der Waals surface area contributed by atoms with E-state index in [9.17, 15) is 18.0 Å². The molecule has 1 saturated carbocycles. The zero-order valence-corrected chi connectivity index (χ0v) is 16.8. The van der Waals surface area contributed by atoms with E-state index in [0.29, 0.717) is 18.0 Å². The zero-order chi connectivity index (χ0) is 19.9. The summed E-state index contributed by atoms with van der Waals surface area (Å²) < 4.78 is 30.4. The normalized spacial score (nSPS) is 15.5. The minimum Gasteiger partial charge on any atom is -0.456 e. The number of esters is 1. The van der Waals surface area contributed by atoms with Gasteiger partial charge in [0.05, 0.1) is 4.90 Å². The third-order valence-corrected chi connectivity index (χ3v) is 6.55. The van der Waals surface area contributed by atoms with Crippen LogP contribution in [-0.2, 0) is 24.3 Å². The van der Waals surface area contributed by atoms with E-state index in [0.717, 1.165) is 10.7 Å². The topological polar surface area (TPSA) is 92.8 Å². The first-order valence-corrected chi connectivity index (χ1v) is 10.7. The largest absolute Gasteiger partial charge is 0.456 e. The van der Waals surface area contributed by atoms with Crippen LogP contribution in [0.2, 0.25) is 0 Å². The maximum absolute atomic E-state index is 12.1. The molecule has 2 rings (SSSR count). The molecule has 1 aliphatic rings. The molecule has 150 valence electrons. The molecule has 1 aromatic rings. The van der Waals surface area contributed by atoms with Crippen molar-refractivity contribution in [2.24, 2.45) is 5.92 Å². The summed E-state index contributed by atoms with van der Waals surface area (Å²) in [6.07, 6.45) is 7.20. The van der Waals surface area contributed by atoms with E-state index in [2.05, 4.69) is 5.32 Å². The minimum absolute atomic E-state index is 0.0785. The van der Waals surface area contributed by atoms with Crippen molar-refractivity contribution in [2.45, 2.75) is 49.8 Å². The molecule has 0 aliphatic heterocycles. The Kier molecular flexibility index (Phi) is 7.79. The van der Waals surface area contributed by atoms with Gasteiger partial charge >= 0.3 is 5.97 Å². The summed E-state index contributed by atoms with van der Waals surface area (Å²) in [6, 6.07) is 5.95. The van der Waals surface area contributed by atoms with Crippen molar-refractivity contribution in [3.8, 4) is 0 Å². The number of sulfonamides is 1. The van der Waals surface area contributed by atoms with Gasteiger partial charge in [-0.1, -0.05) is 38.2 Å². The highest BCUT2D eigenvalue weighted by atomic mass is 32.2. The van der Waals surface area contributed by atoms with Crippen LogP contribution in [0.3, 0.4) is 0 Å². The van der Waals surface area contributed by atoms with Gasteiger partial charge in [-0.25, -0.2) is 12.7 Å². The van der Waals surface area contributed by atoms with Crippen molar-refractivity contribution in [1.29, 1.82) is 0 Å². The van der Waals surface area contributed by atoms with Crippen molar-refractivity contribution >= 4 is 27.6 Å². The molecule has 0 atom stereocenters. The van der Waals surface area contributed by atoms with E-state index in [4.69, 9.17) is 4.74 Å². The predicted molar refractivity (Wildman–Crippen MR) is 103 cm³/mol. The van der Waals surface area contributed by atoms with E-state index in [1.807, 2.05) is 0 Å². The Balaban J connectivity index is 1.79. The number of nitrogens with one attached hydrogen (secondary N) is 1. The minimum atomic E-state index is -3.58. The lowest BCUT2D eigenvalue weighted by Gasteiger charge is -2.20. The van der Waals surface area contributed by atoms with Gasteiger partial charge in [0.15, 0.2) is 6.61 Å². The fourth-order valence-corrected chi connectivity index (χ4v) is 4.11. The quantitative estimate of drug-likeness (QED) is 0.682. The maximum Gasteiger partial charge on any atom is 0.306 e. The van der Waals surface area contributed by atoms with Gasteiger partial charge in [0.1, 0.15) is 0 Å². The Morgan fingerprint density at radius 2 is 1.89 bits per heavy atom. The van der Waals surface area contributed by atoms with Gasteiger partial charge in [-0.15, -0.1) is 0 Å². The van der Waals surface area contributed by atoms with Crippen molar-refractivity contribution in [3.05, 3.63) is 24.3 Å². The van der Waals surface area contributed by atoms with E-state index in [1.165, 1.54) is 58.3 Å².